The van der Waals surface area contributed by atoms with Crippen molar-refractivity contribution in [2.45, 2.75) is 12.5 Å². The SMILES string of the molecule is CN1CCN(c2cccc(Cl)c2)C(CC#N)C1. The van der Waals surface area contributed by atoms with Gasteiger partial charge in [-0.1, -0.05) is 17.7 Å². The van der Waals surface area contributed by atoms with Crippen molar-refractivity contribution in [3.63, 3.8) is 0 Å². The van der Waals surface area contributed by atoms with E-state index in [0.29, 0.717) is 6.42 Å². The van der Waals surface area contributed by atoms with Crippen LogP contribution < -0.4 is 4.90 Å². The standard InChI is InChI=1S/C13H16ClN3/c1-16-7-8-17(13(10-16)5-6-15)12-4-2-3-11(14)9-12/h2-4,9,13H,5,7-8,10H2,1H3. The van der Waals surface area contributed by atoms with Crippen molar-refractivity contribution >= 4 is 17.3 Å². The third-order valence-corrected chi connectivity index (χ3v) is 3.39. The number of benzene rings is 1. The van der Waals surface area contributed by atoms with Gasteiger partial charge in [-0.2, -0.15) is 5.26 Å². The number of nitrogens with zero attached hydrogens (tertiary/aromatic N) is 3. The van der Waals surface area contributed by atoms with Crippen molar-refractivity contribution in [3.05, 3.63) is 29.3 Å². The Bertz CT molecular complexity index is 427. The summed E-state index contributed by atoms with van der Waals surface area (Å²) in [6.07, 6.45) is 0.552. The molecule has 1 atom stereocenters. The Hall–Kier alpha value is -1.24. The average Bonchev–Trinajstić information content (AvgIpc) is 2.29. The minimum Gasteiger partial charge on any atom is -0.365 e. The van der Waals surface area contributed by atoms with Gasteiger partial charge in [0.25, 0.3) is 0 Å². The number of piperazine rings is 1. The van der Waals surface area contributed by atoms with Crippen LogP contribution in [0.3, 0.4) is 0 Å². The van der Waals surface area contributed by atoms with Gasteiger partial charge in [0.15, 0.2) is 0 Å². The first-order chi connectivity index (χ1) is 8.20. The molecule has 1 fully saturated rings. The van der Waals surface area contributed by atoms with Crippen molar-refractivity contribution in [3.8, 4) is 6.07 Å². The van der Waals surface area contributed by atoms with Crippen LogP contribution in [0.1, 0.15) is 6.42 Å². The molecule has 1 aromatic rings. The predicted octanol–water partition coefficient (Wildman–Crippen LogP) is 2.37. The van der Waals surface area contributed by atoms with Gasteiger partial charge in [0.05, 0.1) is 18.5 Å². The first-order valence-corrected chi connectivity index (χ1v) is 6.16. The fourth-order valence-electron chi connectivity index (χ4n) is 2.29. The fraction of sp³-hybridized carbons (Fsp3) is 0.462. The van der Waals surface area contributed by atoms with E-state index in [1.807, 2.05) is 18.2 Å². The van der Waals surface area contributed by atoms with Crippen molar-refractivity contribution < 1.29 is 0 Å². The van der Waals surface area contributed by atoms with E-state index in [4.69, 9.17) is 16.9 Å². The molecule has 1 aliphatic heterocycles. The maximum absolute atomic E-state index is 8.90. The summed E-state index contributed by atoms with van der Waals surface area (Å²) in [5.74, 6) is 0. The molecule has 0 amide bonds. The van der Waals surface area contributed by atoms with Gasteiger partial charge in [-0.3, -0.25) is 0 Å². The molecule has 17 heavy (non-hydrogen) atoms. The number of anilines is 1. The molecule has 2 rings (SSSR count). The summed E-state index contributed by atoms with van der Waals surface area (Å²) in [6, 6.07) is 10.4. The van der Waals surface area contributed by atoms with Crippen LogP contribution in [0.15, 0.2) is 24.3 Å². The molecule has 1 saturated heterocycles. The molecular weight excluding hydrogens is 234 g/mol. The third kappa shape index (κ3) is 2.91. The van der Waals surface area contributed by atoms with Crippen LogP contribution in [0.5, 0.6) is 0 Å². The normalized spacial score (nSPS) is 21.2. The molecule has 0 spiro atoms. The Morgan fingerprint density at radius 1 is 1.47 bits per heavy atom. The summed E-state index contributed by atoms with van der Waals surface area (Å²) in [5, 5.41) is 9.65. The average molecular weight is 250 g/mol. The van der Waals surface area contributed by atoms with Gasteiger partial charge in [0.2, 0.25) is 0 Å². The topological polar surface area (TPSA) is 30.3 Å². The molecule has 4 heteroatoms. The molecule has 0 bridgehead atoms. The zero-order valence-corrected chi connectivity index (χ0v) is 10.7. The minimum absolute atomic E-state index is 0.261. The Morgan fingerprint density at radius 2 is 2.29 bits per heavy atom. The summed E-state index contributed by atoms with van der Waals surface area (Å²) in [7, 11) is 2.10. The zero-order chi connectivity index (χ0) is 12.3. The Balaban J connectivity index is 2.20. The van der Waals surface area contributed by atoms with Crippen LogP contribution in [0.4, 0.5) is 5.69 Å². The fourth-order valence-corrected chi connectivity index (χ4v) is 2.47. The molecule has 0 N–H and O–H groups in total. The van der Waals surface area contributed by atoms with E-state index < -0.39 is 0 Å². The van der Waals surface area contributed by atoms with E-state index in [0.717, 1.165) is 30.3 Å². The quantitative estimate of drug-likeness (QED) is 0.806. The van der Waals surface area contributed by atoms with Crippen LogP contribution in [-0.4, -0.2) is 37.6 Å². The van der Waals surface area contributed by atoms with Gasteiger partial charge < -0.3 is 9.80 Å². The largest absolute Gasteiger partial charge is 0.365 e. The highest BCUT2D eigenvalue weighted by Crippen LogP contribution is 2.24. The summed E-state index contributed by atoms with van der Waals surface area (Å²) < 4.78 is 0. The number of rotatable bonds is 2. The van der Waals surface area contributed by atoms with Crippen LogP contribution in [0.2, 0.25) is 5.02 Å². The minimum atomic E-state index is 0.261. The van der Waals surface area contributed by atoms with Crippen LogP contribution in [0.25, 0.3) is 0 Å². The second kappa shape index (κ2) is 5.39. The predicted molar refractivity (Wildman–Crippen MR) is 70.3 cm³/mol. The van der Waals surface area contributed by atoms with Crippen molar-refractivity contribution in [2.75, 3.05) is 31.6 Å². The Labute approximate surface area is 107 Å². The summed E-state index contributed by atoms with van der Waals surface area (Å²) in [4.78, 5) is 4.55. The molecule has 90 valence electrons. The Kier molecular flexibility index (Phi) is 3.88. The lowest BCUT2D eigenvalue weighted by molar-refractivity contribution is 0.268. The molecular formula is C13H16ClN3. The number of likely N-dealkylation sites (N-methyl/N-ethyl adjacent to an activating group) is 1. The third-order valence-electron chi connectivity index (χ3n) is 3.15. The van der Waals surface area contributed by atoms with E-state index in [-0.39, 0.29) is 6.04 Å². The molecule has 1 aromatic carbocycles. The highest BCUT2D eigenvalue weighted by atomic mass is 35.5. The van der Waals surface area contributed by atoms with Gasteiger partial charge >= 0.3 is 0 Å². The van der Waals surface area contributed by atoms with Gasteiger partial charge in [0.1, 0.15) is 0 Å². The smallest absolute Gasteiger partial charge is 0.0643 e. The van der Waals surface area contributed by atoms with Crippen molar-refractivity contribution in [1.82, 2.24) is 4.90 Å². The molecule has 3 nitrogen and oxygen atoms in total. The monoisotopic (exact) mass is 249 g/mol. The second-order valence-corrected chi connectivity index (χ2v) is 4.89. The first-order valence-electron chi connectivity index (χ1n) is 5.78. The number of nitriles is 1. The second-order valence-electron chi connectivity index (χ2n) is 4.45. The molecule has 1 aliphatic rings. The van der Waals surface area contributed by atoms with E-state index >= 15 is 0 Å². The lowest BCUT2D eigenvalue weighted by Gasteiger charge is -2.40. The van der Waals surface area contributed by atoms with E-state index in [1.54, 1.807) is 0 Å². The lowest BCUT2D eigenvalue weighted by Crippen LogP contribution is -2.51. The van der Waals surface area contributed by atoms with Gasteiger partial charge in [-0.05, 0) is 25.2 Å². The molecule has 0 aromatic heterocycles. The van der Waals surface area contributed by atoms with Gasteiger partial charge in [0, 0.05) is 30.3 Å². The van der Waals surface area contributed by atoms with Crippen LogP contribution in [0, 0.1) is 11.3 Å². The van der Waals surface area contributed by atoms with Crippen LogP contribution in [-0.2, 0) is 0 Å². The Morgan fingerprint density at radius 3 is 3.00 bits per heavy atom. The van der Waals surface area contributed by atoms with Crippen LogP contribution >= 0.6 is 11.6 Å². The van der Waals surface area contributed by atoms with Crippen molar-refractivity contribution in [1.29, 1.82) is 5.26 Å². The maximum Gasteiger partial charge on any atom is 0.0643 e. The number of hydrogen-bond acceptors (Lipinski definition) is 3. The maximum atomic E-state index is 8.90. The van der Waals surface area contributed by atoms with E-state index in [9.17, 15) is 0 Å². The molecule has 1 heterocycles. The van der Waals surface area contributed by atoms with E-state index in [2.05, 4.69) is 29.0 Å². The summed E-state index contributed by atoms with van der Waals surface area (Å²) in [5.41, 5.74) is 1.12. The molecule has 1 unspecified atom stereocenters. The first kappa shape index (κ1) is 12.2. The number of hydrogen-bond donors (Lipinski definition) is 0. The molecule has 0 saturated carbocycles. The summed E-state index contributed by atoms with van der Waals surface area (Å²) in [6.45, 7) is 2.90. The van der Waals surface area contributed by atoms with Gasteiger partial charge in [-0.25, -0.2) is 0 Å². The number of halogens is 1. The lowest BCUT2D eigenvalue weighted by atomic mass is 10.1. The molecule has 0 radical (unpaired) electrons. The summed E-state index contributed by atoms with van der Waals surface area (Å²) >= 11 is 6.02. The van der Waals surface area contributed by atoms with Crippen molar-refractivity contribution in [2.24, 2.45) is 0 Å². The highest BCUT2D eigenvalue weighted by Gasteiger charge is 2.25. The van der Waals surface area contributed by atoms with Gasteiger partial charge in [-0.15, -0.1) is 0 Å². The molecule has 0 aliphatic carbocycles. The zero-order valence-electron chi connectivity index (χ0n) is 9.93. The van der Waals surface area contributed by atoms with E-state index in [1.165, 1.54) is 0 Å². The highest BCUT2D eigenvalue weighted by molar-refractivity contribution is 6.30.